The summed E-state index contributed by atoms with van der Waals surface area (Å²) >= 11 is 5.30. The Morgan fingerprint density at radius 3 is 2.60 bits per heavy atom. The number of benzene rings is 2. The lowest BCUT2D eigenvalue weighted by molar-refractivity contribution is -0.121. The van der Waals surface area contributed by atoms with Crippen molar-refractivity contribution in [2.75, 3.05) is 7.11 Å². The molecule has 0 spiro atoms. The second-order valence-corrected chi connectivity index (χ2v) is 7.39. The van der Waals surface area contributed by atoms with Gasteiger partial charge in [0.05, 0.1) is 23.6 Å². The number of ether oxygens (including phenoxy) is 1. The number of fused-ring (bicyclic) bond motifs is 1. The van der Waals surface area contributed by atoms with Crippen LogP contribution < -0.4 is 10.9 Å². The third-order valence-electron chi connectivity index (χ3n) is 4.80. The van der Waals surface area contributed by atoms with Gasteiger partial charge in [0.25, 0.3) is 5.56 Å². The lowest BCUT2D eigenvalue weighted by Gasteiger charge is -2.09. The summed E-state index contributed by atoms with van der Waals surface area (Å²) in [6, 6.07) is 12.6. The molecule has 2 N–H and O–H groups in total. The van der Waals surface area contributed by atoms with Crippen molar-refractivity contribution in [3.63, 3.8) is 0 Å². The first-order chi connectivity index (χ1) is 14.4. The summed E-state index contributed by atoms with van der Waals surface area (Å²) in [6.45, 7) is 2.80. The van der Waals surface area contributed by atoms with Crippen molar-refractivity contribution in [1.29, 1.82) is 0 Å². The summed E-state index contributed by atoms with van der Waals surface area (Å²) < 4.78 is 6.38. The van der Waals surface area contributed by atoms with Crippen molar-refractivity contribution in [1.82, 2.24) is 14.9 Å². The zero-order chi connectivity index (χ0) is 21.7. The Bertz CT molecular complexity index is 1200. The predicted octanol–water partition coefficient (Wildman–Crippen LogP) is 3.25. The number of amides is 1. The molecule has 8 heteroatoms. The molecule has 0 unspecified atom stereocenters. The van der Waals surface area contributed by atoms with Gasteiger partial charge in [-0.05, 0) is 49.3 Å². The second kappa shape index (κ2) is 9.49. The van der Waals surface area contributed by atoms with Gasteiger partial charge in [-0.25, -0.2) is 4.79 Å². The Hall–Kier alpha value is -3.26. The van der Waals surface area contributed by atoms with E-state index >= 15 is 0 Å². The van der Waals surface area contributed by atoms with Crippen molar-refractivity contribution >= 4 is 35.0 Å². The molecule has 0 fully saturated rings. The molecule has 0 saturated carbocycles. The number of methoxy groups -OCH3 is 1. The van der Waals surface area contributed by atoms with E-state index in [4.69, 9.17) is 17.0 Å². The molecule has 30 heavy (non-hydrogen) atoms. The van der Waals surface area contributed by atoms with Crippen molar-refractivity contribution in [3.8, 4) is 0 Å². The van der Waals surface area contributed by atoms with Gasteiger partial charge in [-0.1, -0.05) is 29.8 Å². The van der Waals surface area contributed by atoms with Crippen LogP contribution in [0.15, 0.2) is 47.3 Å². The number of aromatic nitrogens is 2. The van der Waals surface area contributed by atoms with Crippen LogP contribution in [0.2, 0.25) is 0 Å². The van der Waals surface area contributed by atoms with Crippen LogP contribution in [0.5, 0.6) is 0 Å². The Labute approximate surface area is 178 Å². The number of nitrogens with one attached hydrogen (secondary N) is 2. The first kappa shape index (κ1) is 21.4. The van der Waals surface area contributed by atoms with E-state index in [1.54, 1.807) is 12.1 Å². The first-order valence-electron chi connectivity index (χ1n) is 9.56. The fourth-order valence-electron chi connectivity index (χ4n) is 3.10. The number of H-pyrrole nitrogens is 1. The fraction of sp³-hybridized carbons (Fsp3) is 0.273. The molecule has 0 aliphatic rings. The predicted molar refractivity (Wildman–Crippen MR) is 117 cm³/mol. The number of hydrogen-bond acceptors (Lipinski definition) is 5. The molecule has 2 aromatic carbocycles. The van der Waals surface area contributed by atoms with Crippen molar-refractivity contribution in [2.45, 2.75) is 32.9 Å². The molecule has 0 aliphatic heterocycles. The number of aryl methyl sites for hydroxylation is 1. The van der Waals surface area contributed by atoms with Crippen LogP contribution in [-0.2, 0) is 22.6 Å². The lowest BCUT2D eigenvalue weighted by atomic mass is 10.1. The number of nitrogens with zero attached hydrogens (tertiary/aromatic N) is 1. The van der Waals surface area contributed by atoms with Crippen molar-refractivity contribution in [3.05, 3.63) is 74.3 Å². The fourth-order valence-corrected chi connectivity index (χ4v) is 3.38. The van der Waals surface area contributed by atoms with Crippen LogP contribution in [0.3, 0.4) is 0 Å². The van der Waals surface area contributed by atoms with E-state index < -0.39 is 5.97 Å². The number of aromatic amines is 1. The van der Waals surface area contributed by atoms with Crippen molar-refractivity contribution < 1.29 is 14.3 Å². The minimum atomic E-state index is -0.489. The largest absolute Gasteiger partial charge is 0.465 e. The van der Waals surface area contributed by atoms with E-state index in [-0.39, 0.29) is 22.7 Å². The molecule has 3 rings (SSSR count). The third kappa shape index (κ3) is 5.01. The van der Waals surface area contributed by atoms with Crippen LogP contribution in [0.1, 0.15) is 34.3 Å². The first-order valence-corrected chi connectivity index (χ1v) is 9.97. The van der Waals surface area contributed by atoms with Gasteiger partial charge in [0.2, 0.25) is 5.91 Å². The minimum absolute atomic E-state index is 0.0815. The quantitative estimate of drug-likeness (QED) is 0.448. The molecule has 156 valence electrons. The van der Waals surface area contributed by atoms with Gasteiger partial charge in [-0.15, -0.1) is 0 Å². The number of rotatable bonds is 7. The van der Waals surface area contributed by atoms with Crippen LogP contribution in [0.25, 0.3) is 10.9 Å². The summed E-state index contributed by atoms with van der Waals surface area (Å²) in [4.78, 5) is 39.5. The van der Waals surface area contributed by atoms with Gasteiger partial charge in [0.1, 0.15) is 0 Å². The van der Waals surface area contributed by atoms with Gasteiger partial charge in [-0.2, -0.15) is 0 Å². The average molecular weight is 426 g/mol. The monoisotopic (exact) mass is 425 g/mol. The van der Waals surface area contributed by atoms with Gasteiger partial charge < -0.3 is 15.0 Å². The number of carbonyl (C=O) groups is 2. The molecule has 7 nitrogen and oxygen atoms in total. The average Bonchev–Trinajstić information content (AvgIpc) is 2.74. The highest BCUT2D eigenvalue weighted by Crippen LogP contribution is 2.12. The molecule has 0 atom stereocenters. The molecule has 3 aromatic rings. The highest BCUT2D eigenvalue weighted by Gasteiger charge is 2.11. The van der Waals surface area contributed by atoms with Gasteiger partial charge in [-0.3, -0.25) is 14.2 Å². The highest BCUT2D eigenvalue weighted by molar-refractivity contribution is 7.71. The van der Waals surface area contributed by atoms with E-state index in [9.17, 15) is 14.4 Å². The summed E-state index contributed by atoms with van der Waals surface area (Å²) in [7, 11) is 1.30. The summed E-state index contributed by atoms with van der Waals surface area (Å²) in [5, 5.41) is 3.30. The third-order valence-corrected chi connectivity index (χ3v) is 5.12. The molecular weight excluding hydrogens is 402 g/mol. The van der Waals surface area contributed by atoms with E-state index in [1.165, 1.54) is 23.3 Å². The summed E-state index contributed by atoms with van der Waals surface area (Å²) in [6.07, 6.45) is 0.759. The smallest absolute Gasteiger partial charge is 0.337 e. The van der Waals surface area contributed by atoms with E-state index in [0.717, 1.165) is 5.56 Å². The maximum atomic E-state index is 12.8. The molecule has 1 aromatic heterocycles. The Morgan fingerprint density at radius 1 is 1.17 bits per heavy atom. The maximum absolute atomic E-state index is 12.8. The number of esters is 1. The minimum Gasteiger partial charge on any atom is -0.465 e. The SMILES string of the molecule is COC(=O)c1ccc2c(=O)n(CCCC(=O)NCc3ccc(C)cc3)c(=S)[nH]c2c1. The molecule has 1 amide bonds. The molecule has 0 saturated heterocycles. The van der Waals surface area contributed by atoms with Gasteiger partial charge in [0.15, 0.2) is 4.77 Å². The Balaban J connectivity index is 1.63. The molecule has 0 radical (unpaired) electrons. The van der Waals surface area contributed by atoms with E-state index in [2.05, 4.69) is 10.3 Å². The Morgan fingerprint density at radius 2 is 1.90 bits per heavy atom. The summed E-state index contributed by atoms with van der Waals surface area (Å²) in [5.41, 5.74) is 2.75. The molecule has 0 aliphatic carbocycles. The van der Waals surface area contributed by atoms with Crippen LogP contribution in [0, 0.1) is 11.7 Å². The Kier molecular flexibility index (Phi) is 6.79. The van der Waals surface area contributed by atoms with Crippen LogP contribution >= 0.6 is 12.2 Å². The molecular formula is C22H23N3O4S. The molecule has 1 heterocycles. The highest BCUT2D eigenvalue weighted by atomic mass is 32.1. The second-order valence-electron chi connectivity index (χ2n) is 7.00. The van der Waals surface area contributed by atoms with Gasteiger partial charge >= 0.3 is 5.97 Å². The number of hydrogen-bond donors (Lipinski definition) is 2. The maximum Gasteiger partial charge on any atom is 0.337 e. The van der Waals surface area contributed by atoms with E-state index in [0.29, 0.717) is 36.0 Å². The molecule has 0 bridgehead atoms. The van der Waals surface area contributed by atoms with Gasteiger partial charge in [0, 0.05) is 19.5 Å². The van der Waals surface area contributed by atoms with Crippen LogP contribution in [0.4, 0.5) is 0 Å². The van der Waals surface area contributed by atoms with E-state index in [1.807, 2.05) is 31.2 Å². The lowest BCUT2D eigenvalue weighted by Crippen LogP contribution is -2.25. The zero-order valence-electron chi connectivity index (χ0n) is 16.9. The van der Waals surface area contributed by atoms with Crippen molar-refractivity contribution in [2.24, 2.45) is 0 Å². The zero-order valence-corrected chi connectivity index (χ0v) is 17.7. The summed E-state index contributed by atoms with van der Waals surface area (Å²) in [5.74, 6) is -0.570. The standard InChI is InChI=1S/C22H23N3O4S/c1-14-5-7-15(8-6-14)13-23-19(26)4-3-11-25-20(27)17-10-9-16(21(28)29-2)12-18(17)24-22(25)30/h5-10,12H,3-4,11,13H2,1-2H3,(H,23,26)(H,24,30). The topological polar surface area (TPSA) is 93.2 Å². The van der Waals surface area contributed by atoms with Crippen LogP contribution in [-0.4, -0.2) is 28.5 Å². The normalized spacial score (nSPS) is 10.7. The number of carbonyl (C=O) groups excluding carboxylic acids is 2.